The molecule has 9 nitrogen and oxygen atoms in total. The maximum atomic E-state index is 13.1. The zero-order valence-electron chi connectivity index (χ0n) is 25.2. The van der Waals surface area contributed by atoms with Gasteiger partial charge in [-0.2, -0.15) is 4.99 Å². The van der Waals surface area contributed by atoms with Crippen molar-refractivity contribution in [2.24, 2.45) is 4.99 Å². The maximum Gasteiger partial charge on any atom is 0.573 e. The average Bonchev–Trinajstić information content (AvgIpc) is 3.74. The van der Waals surface area contributed by atoms with Crippen LogP contribution in [0.5, 0.6) is 5.75 Å². The van der Waals surface area contributed by atoms with Crippen molar-refractivity contribution in [3.63, 3.8) is 0 Å². The summed E-state index contributed by atoms with van der Waals surface area (Å²) in [5.41, 5.74) is 7.78. The lowest BCUT2D eigenvalue weighted by atomic mass is 10.0. The number of halogens is 3. The monoisotopic (exact) mass is 646 g/mol. The van der Waals surface area contributed by atoms with Gasteiger partial charge in [0, 0.05) is 11.3 Å². The highest BCUT2D eigenvalue weighted by Crippen LogP contribution is 2.35. The van der Waals surface area contributed by atoms with Crippen LogP contribution >= 0.6 is 11.8 Å². The van der Waals surface area contributed by atoms with E-state index in [1.165, 1.54) is 47.0 Å². The minimum Gasteiger partial charge on any atom is -0.406 e. The molecule has 1 aliphatic carbocycles. The van der Waals surface area contributed by atoms with E-state index in [-0.39, 0.29) is 17.4 Å². The molecule has 0 spiro atoms. The number of nitrogens with one attached hydrogen (secondary N) is 1. The molecule has 2 heterocycles. The summed E-state index contributed by atoms with van der Waals surface area (Å²) in [6.45, 7) is 5.90. The van der Waals surface area contributed by atoms with Gasteiger partial charge >= 0.3 is 12.4 Å². The predicted octanol–water partition coefficient (Wildman–Crippen LogP) is 7.50. The average molecular weight is 647 g/mol. The Hall–Kier alpha value is -4.91. The largest absolute Gasteiger partial charge is 0.573 e. The Labute approximate surface area is 267 Å². The molecule has 0 radical (unpaired) electrons. The van der Waals surface area contributed by atoms with Gasteiger partial charge in [-0.3, -0.25) is 9.69 Å². The quantitative estimate of drug-likeness (QED) is 0.233. The molecule has 1 aromatic heterocycles. The summed E-state index contributed by atoms with van der Waals surface area (Å²) < 4.78 is 42.8. The van der Waals surface area contributed by atoms with E-state index in [4.69, 9.17) is 0 Å². The first kappa shape index (κ1) is 31.1. The molecule has 1 N–H and O–H groups in total. The fraction of sp³-hybridized carbons (Fsp3) is 0.242. The number of alkyl halides is 3. The summed E-state index contributed by atoms with van der Waals surface area (Å²) in [6.07, 6.45) is -0.923. The number of urea groups is 1. The van der Waals surface area contributed by atoms with E-state index in [1.807, 2.05) is 57.2 Å². The fourth-order valence-corrected chi connectivity index (χ4v) is 6.63. The molecule has 0 saturated carbocycles. The lowest BCUT2D eigenvalue weighted by Crippen LogP contribution is -2.32. The number of carbonyl (C=O) groups excluding carboxylic acids is 2. The van der Waals surface area contributed by atoms with E-state index < -0.39 is 12.4 Å². The number of amides is 3. The van der Waals surface area contributed by atoms with E-state index >= 15 is 0 Å². The van der Waals surface area contributed by atoms with Crippen molar-refractivity contribution in [3.8, 4) is 22.8 Å². The van der Waals surface area contributed by atoms with Crippen LogP contribution in [-0.4, -0.2) is 44.0 Å². The van der Waals surface area contributed by atoms with Gasteiger partial charge in [-0.1, -0.05) is 53.7 Å². The summed E-state index contributed by atoms with van der Waals surface area (Å²) >= 11 is 1.25. The zero-order chi connectivity index (χ0) is 32.6. The van der Waals surface area contributed by atoms with Crippen molar-refractivity contribution in [1.82, 2.24) is 20.1 Å². The summed E-state index contributed by atoms with van der Waals surface area (Å²) in [4.78, 5) is 36.1. The molecule has 6 rings (SSSR count). The van der Waals surface area contributed by atoms with Crippen molar-refractivity contribution >= 4 is 40.1 Å². The second kappa shape index (κ2) is 12.5. The number of aryl methyl sites for hydroxylation is 3. The molecule has 0 unspecified atom stereocenters. The number of aliphatic imine (C=N–C) groups is 1. The number of thioether (sulfide) groups is 1. The first-order valence-corrected chi connectivity index (χ1v) is 15.5. The van der Waals surface area contributed by atoms with Crippen LogP contribution in [0.1, 0.15) is 41.5 Å². The van der Waals surface area contributed by atoms with Crippen LogP contribution in [0.3, 0.4) is 0 Å². The molecule has 1 saturated heterocycles. The Bertz CT molecular complexity index is 1860. The first-order chi connectivity index (χ1) is 21.9. The van der Waals surface area contributed by atoms with Crippen molar-refractivity contribution in [2.45, 2.75) is 46.4 Å². The molecule has 46 heavy (non-hydrogen) atoms. The Morgan fingerprint density at radius 1 is 0.978 bits per heavy atom. The normalized spacial score (nSPS) is 16.1. The van der Waals surface area contributed by atoms with Crippen molar-refractivity contribution < 1.29 is 27.5 Å². The molecule has 2 aliphatic rings. The predicted molar refractivity (Wildman–Crippen MR) is 171 cm³/mol. The van der Waals surface area contributed by atoms with Gasteiger partial charge in [-0.15, -0.1) is 18.3 Å². The Morgan fingerprint density at radius 3 is 2.33 bits per heavy atom. The number of allylic oxidation sites excluding steroid dienone is 2. The van der Waals surface area contributed by atoms with E-state index in [1.54, 1.807) is 4.90 Å². The molecule has 4 aromatic rings. The van der Waals surface area contributed by atoms with Crippen LogP contribution in [0.15, 0.2) is 77.7 Å². The van der Waals surface area contributed by atoms with E-state index in [0.717, 1.165) is 57.6 Å². The van der Waals surface area contributed by atoms with Crippen LogP contribution in [0.2, 0.25) is 0 Å². The SMILES string of the molecule is Cc1cc(C)c(N2C(=O)CS/C2=N\C(=O)NC2=C(c3ccc(-c4ncn(-c5ccc(OC(F)(F)F)cc5)n4)cc3)CCC2)c(C)c1. The Morgan fingerprint density at radius 2 is 1.65 bits per heavy atom. The van der Waals surface area contributed by atoms with E-state index in [2.05, 4.69) is 25.1 Å². The van der Waals surface area contributed by atoms with Gasteiger partial charge in [0.15, 0.2) is 11.0 Å². The topological polar surface area (TPSA) is 102 Å². The third-order valence-corrected chi connectivity index (χ3v) is 8.54. The van der Waals surface area contributed by atoms with Crippen LogP contribution < -0.4 is 15.0 Å². The Balaban J connectivity index is 1.16. The molecule has 1 aliphatic heterocycles. The molecular formula is C33H29F3N6O3S. The number of hydrogen-bond donors (Lipinski definition) is 1. The summed E-state index contributed by atoms with van der Waals surface area (Å²) in [7, 11) is 0. The molecule has 1 fully saturated rings. The molecule has 0 atom stereocenters. The number of rotatable bonds is 6. The maximum absolute atomic E-state index is 13.1. The van der Waals surface area contributed by atoms with Crippen LogP contribution in [-0.2, 0) is 4.79 Å². The smallest absolute Gasteiger partial charge is 0.406 e. The van der Waals surface area contributed by atoms with Crippen LogP contribution in [0.4, 0.5) is 23.7 Å². The number of aromatic nitrogens is 3. The van der Waals surface area contributed by atoms with Gasteiger partial charge in [0.05, 0.1) is 17.1 Å². The number of hydrogen-bond acceptors (Lipinski definition) is 6. The summed E-state index contributed by atoms with van der Waals surface area (Å²) in [5.74, 6) is 0.229. The summed E-state index contributed by atoms with van der Waals surface area (Å²) in [6, 6.07) is 16.5. The van der Waals surface area contributed by atoms with Crippen molar-refractivity contribution in [3.05, 3.63) is 94.9 Å². The fourth-order valence-electron chi connectivity index (χ4n) is 5.77. The second-order valence-corrected chi connectivity index (χ2v) is 12.0. The molecule has 236 valence electrons. The molecule has 13 heteroatoms. The van der Waals surface area contributed by atoms with Gasteiger partial charge in [-0.05, 0) is 86.6 Å². The first-order valence-electron chi connectivity index (χ1n) is 14.5. The highest BCUT2D eigenvalue weighted by atomic mass is 32.2. The minimum absolute atomic E-state index is 0.111. The standard InChI is InChI=1S/C33H29F3N6O3S/c1-19-15-20(2)29(21(3)16-19)42-28(43)17-46-32(42)39-31(44)38-27-6-4-5-26(27)22-7-9-23(10-8-22)30-37-18-41(40-30)24-11-13-25(14-12-24)45-33(34,35)36/h7-16,18H,4-6,17H2,1-3H3,(H,38,44)/b39-32-. The number of amidine groups is 1. The van der Waals surface area contributed by atoms with Gasteiger partial charge < -0.3 is 10.1 Å². The highest BCUT2D eigenvalue weighted by molar-refractivity contribution is 8.15. The lowest BCUT2D eigenvalue weighted by Gasteiger charge is -2.21. The van der Waals surface area contributed by atoms with E-state index in [0.29, 0.717) is 23.1 Å². The molecule has 3 amide bonds. The molecule has 0 bridgehead atoms. The molecular weight excluding hydrogens is 617 g/mol. The minimum atomic E-state index is -4.76. The summed E-state index contributed by atoms with van der Waals surface area (Å²) in [5, 5.41) is 7.79. The number of ether oxygens (including phenoxy) is 1. The Kier molecular flexibility index (Phi) is 8.43. The van der Waals surface area contributed by atoms with Crippen molar-refractivity contribution in [2.75, 3.05) is 10.7 Å². The number of carbonyl (C=O) groups is 2. The molecule has 3 aromatic carbocycles. The zero-order valence-corrected chi connectivity index (χ0v) is 26.0. The highest BCUT2D eigenvalue weighted by Gasteiger charge is 2.33. The third-order valence-electron chi connectivity index (χ3n) is 7.62. The van der Waals surface area contributed by atoms with Gasteiger partial charge in [0.25, 0.3) is 0 Å². The second-order valence-electron chi connectivity index (χ2n) is 11.0. The number of anilines is 1. The third kappa shape index (κ3) is 6.69. The van der Waals surface area contributed by atoms with Crippen LogP contribution in [0, 0.1) is 20.8 Å². The van der Waals surface area contributed by atoms with Crippen LogP contribution in [0.25, 0.3) is 22.6 Å². The van der Waals surface area contributed by atoms with Gasteiger partial charge in [-0.25, -0.2) is 14.5 Å². The lowest BCUT2D eigenvalue weighted by molar-refractivity contribution is -0.274. The number of nitrogens with zero attached hydrogens (tertiary/aromatic N) is 5. The van der Waals surface area contributed by atoms with Crippen molar-refractivity contribution in [1.29, 1.82) is 0 Å². The van der Waals surface area contributed by atoms with Gasteiger partial charge in [0.1, 0.15) is 12.1 Å². The van der Waals surface area contributed by atoms with E-state index in [9.17, 15) is 22.8 Å². The van der Waals surface area contributed by atoms with Gasteiger partial charge in [0.2, 0.25) is 5.91 Å². The number of benzene rings is 3.